The minimum Gasteiger partial charge on any atom is -0.464 e. The number of hydrogen-bond acceptors (Lipinski definition) is 10. The smallest absolute Gasteiger partial charge is 0.358 e. The van der Waals surface area contributed by atoms with Crippen LogP contribution in [0.4, 0.5) is 17.1 Å². The number of carbonyl (C=O) groups excluding carboxylic acids is 1. The van der Waals surface area contributed by atoms with E-state index in [-0.39, 0.29) is 11.6 Å². The first-order valence-electron chi connectivity index (χ1n) is 7.99. The molecule has 0 saturated carbocycles. The van der Waals surface area contributed by atoms with Gasteiger partial charge in [0.05, 0.1) is 55.2 Å². The highest BCUT2D eigenvalue weighted by atomic mass is 16.5. The second-order valence-electron chi connectivity index (χ2n) is 5.56. The summed E-state index contributed by atoms with van der Waals surface area (Å²) < 4.78 is 4.75. The molecule has 0 spiro atoms. The van der Waals surface area contributed by atoms with E-state index < -0.39 is 5.97 Å². The van der Waals surface area contributed by atoms with Gasteiger partial charge in [0.25, 0.3) is 0 Å². The van der Waals surface area contributed by atoms with Crippen LogP contribution in [-0.2, 0) is 4.74 Å². The Balaban J connectivity index is 0.000000313. The van der Waals surface area contributed by atoms with Crippen molar-refractivity contribution < 1.29 is 9.53 Å². The molecule has 0 fully saturated rings. The van der Waals surface area contributed by atoms with Crippen LogP contribution in [0.25, 0.3) is 0 Å². The summed E-state index contributed by atoms with van der Waals surface area (Å²) in [5.74, 6) is 0.182. The number of ether oxygens (including phenoxy) is 1. The van der Waals surface area contributed by atoms with Gasteiger partial charge in [-0.25, -0.2) is 34.7 Å². The highest BCUT2D eigenvalue weighted by Crippen LogP contribution is 2.20. The van der Waals surface area contributed by atoms with Crippen LogP contribution in [0, 0.1) is 0 Å². The van der Waals surface area contributed by atoms with Gasteiger partial charge in [-0.2, -0.15) is 0 Å². The van der Waals surface area contributed by atoms with E-state index in [0.29, 0.717) is 22.9 Å². The largest absolute Gasteiger partial charge is 0.464 e. The van der Waals surface area contributed by atoms with Crippen molar-refractivity contribution in [3.8, 4) is 0 Å². The third-order valence-electron chi connectivity index (χ3n) is 3.12. The van der Waals surface area contributed by atoms with Gasteiger partial charge in [-0.05, 0) is 0 Å². The minimum absolute atomic E-state index is 0.118. The SMILES string of the molecule is COC(=O)c1nc(C(C)C)ncc1Nc1cncnc1.Nc1cncnc1. The third kappa shape index (κ3) is 5.96. The van der Waals surface area contributed by atoms with Crippen molar-refractivity contribution in [2.24, 2.45) is 0 Å². The number of hydrogen-bond donors (Lipinski definition) is 2. The average Bonchev–Trinajstić information content (AvgIpc) is 2.69. The van der Waals surface area contributed by atoms with Crippen molar-refractivity contribution >= 4 is 23.0 Å². The van der Waals surface area contributed by atoms with E-state index in [1.54, 1.807) is 31.0 Å². The molecule has 0 aliphatic rings. The highest BCUT2D eigenvalue weighted by Gasteiger charge is 2.17. The van der Waals surface area contributed by atoms with Gasteiger partial charge in [0.15, 0.2) is 5.69 Å². The summed E-state index contributed by atoms with van der Waals surface area (Å²) >= 11 is 0. The maximum Gasteiger partial charge on any atom is 0.358 e. The first-order chi connectivity index (χ1) is 13.0. The number of rotatable bonds is 4. The van der Waals surface area contributed by atoms with E-state index in [9.17, 15) is 4.79 Å². The van der Waals surface area contributed by atoms with Gasteiger partial charge in [0.1, 0.15) is 18.5 Å². The molecule has 3 heterocycles. The molecule has 3 rings (SSSR count). The first-order valence-corrected chi connectivity index (χ1v) is 7.99. The summed E-state index contributed by atoms with van der Waals surface area (Å²) in [7, 11) is 1.31. The second kappa shape index (κ2) is 9.70. The predicted octanol–water partition coefficient (Wildman–Crippen LogP) is 1.98. The van der Waals surface area contributed by atoms with Crippen LogP contribution in [0.2, 0.25) is 0 Å². The molecule has 27 heavy (non-hydrogen) atoms. The van der Waals surface area contributed by atoms with Crippen molar-refractivity contribution in [1.82, 2.24) is 29.9 Å². The lowest BCUT2D eigenvalue weighted by molar-refractivity contribution is 0.0594. The van der Waals surface area contributed by atoms with Gasteiger partial charge in [-0.15, -0.1) is 0 Å². The fourth-order valence-electron chi connectivity index (χ4n) is 1.85. The Labute approximate surface area is 156 Å². The van der Waals surface area contributed by atoms with E-state index >= 15 is 0 Å². The number of carbonyl (C=O) groups is 1. The van der Waals surface area contributed by atoms with Crippen LogP contribution >= 0.6 is 0 Å². The molecule has 140 valence electrons. The quantitative estimate of drug-likeness (QED) is 0.656. The zero-order chi connectivity index (χ0) is 19.6. The van der Waals surface area contributed by atoms with Crippen molar-refractivity contribution in [3.05, 3.63) is 55.2 Å². The van der Waals surface area contributed by atoms with Crippen LogP contribution < -0.4 is 11.1 Å². The highest BCUT2D eigenvalue weighted by molar-refractivity contribution is 5.94. The molecule has 0 saturated heterocycles. The van der Waals surface area contributed by atoms with E-state index in [0.717, 1.165) is 0 Å². The summed E-state index contributed by atoms with van der Waals surface area (Å²) in [6.45, 7) is 3.91. The number of methoxy groups -OCH3 is 1. The van der Waals surface area contributed by atoms with Crippen LogP contribution in [0.3, 0.4) is 0 Å². The van der Waals surface area contributed by atoms with Gasteiger partial charge in [-0.1, -0.05) is 13.8 Å². The van der Waals surface area contributed by atoms with Gasteiger partial charge >= 0.3 is 5.97 Å². The lowest BCUT2D eigenvalue weighted by Crippen LogP contribution is -2.12. The Hall–Kier alpha value is -3.69. The topological polar surface area (TPSA) is 142 Å². The molecule has 3 aromatic heterocycles. The van der Waals surface area contributed by atoms with Gasteiger partial charge in [0, 0.05) is 5.92 Å². The minimum atomic E-state index is -0.520. The van der Waals surface area contributed by atoms with Crippen molar-refractivity contribution in [2.75, 3.05) is 18.2 Å². The number of nitrogens with two attached hydrogens (primary N) is 1. The standard InChI is InChI=1S/C13H15N5O2.C4H5N3/c1-8(2)12-16-6-10(11(18-12)13(19)20-3)17-9-4-14-7-15-5-9;5-4-1-6-3-7-2-4/h4-8,17H,1-3H3;1-3H,5H2. The molecule has 0 amide bonds. The predicted molar refractivity (Wildman–Crippen MR) is 99.2 cm³/mol. The third-order valence-corrected chi connectivity index (χ3v) is 3.12. The van der Waals surface area contributed by atoms with Crippen LogP contribution in [0.15, 0.2) is 43.6 Å². The summed E-state index contributed by atoms with van der Waals surface area (Å²) in [5, 5.41) is 3.00. The Kier molecular flexibility index (Phi) is 7.06. The molecule has 10 heteroatoms. The van der Waals surface area contributed by atoms with Crippen LogP contribution in [0.5, 0.6) is 0 Å². The van der Waals surface area contributed by atoms with E-state index in [2.05, 4.69) is 35.2 Å². The molecule has 0 atom stereocenters. The lowest BCUT2D eigenvalue weighted by Gasteiger charge is -2.11. The molecular formula is C17H20N8O2. The molecule has 0 aliphatic heterocycles. The summed E-state index contributed by atoms with van der Waals surface area (Å²) in [5.41, 5.74) is 7.11. The van der Waals surface area contributed by atoms with E-state index in [4.69, 9.17) is 10.5 Å². The molecular weight excluding hydrogens is 348 g/mol. The molecule has 0 unspecified atom stereocenters. The molecule has 0 radical (unpaired) electrons. The molecule has 0 aliphatic carbocycles. The molecule has 10 nitrogen and oxygen atoms in total. The Bertz CT molecular complexity index is 859. The van der Waals surface area contributed by atoms with Gasteiger partial charge in [0.2, 0.25) is 0 Å². The first kappa shape index (κ1) is 19.6. The van der Waals surface area contributed by atoms with E-state index in [1.807, 2.05) is 13.8 Å². The van der Waals surface area contributed by atoms with Gasteiger partial charge in [-0.3, -0.25) is 0 Å². The fourth-order valence-corrected chi connectivity index (χ4v) is 1.85. The molecule has 0 aromatic carbocycles. The maximum absolute atomic E-state index is 11.8. The molecule has 0 bridgehead atoms. The monoisotopic (exact) mass is 368 g/mol. The van der Waals surface area contributed by atoms with Crippen LogP contribution in [0.1, 0.15) is 36.1 Å². The molecule has 3 aromatic rings. The van der Waals surface area contributed by atoms with Gasteiger partial charge < -0.3 is 15.8 Å². The average molecular weight is 368 g/mol. The van der Waals surface area contributed by atoms with Crippen LogP contribution in [-0.4, -0.2) is 43.0 Å². The Morgan fingerprint density at radius 2 is 1.63 bits per heavy atom. The Morgan fingerprint density at radius 1 is 1.04 bits per heavy atom. The number of esters is 1. The number of anilines is 3. The molecule has 3 N–H and O–H groups in total. The van der Waals surface area contributed by atoms with Crippen molar-refractivity contribution in [2.45, 2.75) is 19.8 Å². The van der Waals surface area contributed by atoms with Crippen molar-refractivity contribution in [3.63, 3.8) is 0 Å². The zero-order valence-corrected chi connectivity index (χ0v) is 15.2. The number of nitrogens with zero attached hydrogens (tertiary/aromatic N) is 6. The lowest BCUT2D eigenvalue weighted by atomic mass is 10.2. The summed E-state index contributed by atoms with van der Waals surface area (Å²) in [6, 6.07) is 0. The van der Waals surface area contributed by atoms with E-state index in [1.165, 1.54) is 19.8 Å². The fraction of sp³-hybridized carbons (Fsp3) is 0.235. The summed E-state index contributed by atoms with van der Waals surface area (Å²) in [4.78, 5) is 35.4. The number of aromatic nitrogens is 6. The second-order valence-corrected chi connectivity index (χ2v) is 5.56. The zero-order valence-electron chi connectivity index (χ0n) is 15.2. The summed E-state index contributed by atoms with van der Waals surface area (Å²) in [6.07, 6.45) is 10.7. The maximum atomic E-state index is 11.8. The Morgan fingerprint density at radius 3 is 2.11 bits per heavy atom. The van der Waals surface area contributed by atoms with Crippen molar-refractivity contribution in [1.29, 1.82) is 0 Å². The number of nitrogen functional groups attached to an aromatic ring is 1. The number of nitrogens with one attached hydrogen (secondary N) is 1. The normalized spacial score (nSPS) is 9.93.